The van der Waals surface area contributed by atoms with Crippen molar-refractivity contribution in [2.45, 2.75) is 84.7 Å². The predicted octanol–water partition coefficient (Wildman–Crippen LogP) is 3.99. The van der Waals surface area contributed by atoms with Gasteiger partial charge < -0.3 is 9.84 Å². The maximum atomic E-state index is 12.0. The van der Waals surface area contributed by atoms with Crippen molar-refractivity contribution in [2.24, 2.45) is 5.92 Å². The van der Waals surface area contributed by atoms with Gasteiger partial charge in [-0.05, 0) is 38.2 Å². The number of esters is 1. The normalized spacial score (nSPS) is 14.2. The van der Waals surface area contributed by atoms with Gasteiger partial charge in [0.05, 0.1) is 12.2 Å². The molecule has 7 nitrogen and oxygen atoms in total. The van der Waals surface area contributed by atoms with E-state index in [0.717, 1.165) is 38.5 Å². The molecule has 0 aromatic carbocycles. The zero-order valence-electron chi connectivity index (χ0n) is 18.4. The third-order valence-electron chi connectivity index (χ3n) is 4.84. The molecular formula is C21H39NO6S. The van der Waals surface area contributed by atoms with Crippen LogP contribution in [-0.4, -0.2) is 55.2 Å². The molecule has 2 unspecified atom stereocenters. The molecule has 8 heteroatoms. The van der Waals surface area contributed by atoms with Gasteiger partial charge in [0, 0.05) is 20.0 Å². The standard InChI is InChI=1S/C21H39NO6S/c1-5-7-9-14-20(28-18(3)23)15-12-17-22(29(4,26)27)16-11-8-10-13-19(6-2)21(24)25/h12,15,19-20H,5-11,13-14,16-17H2,1-4H3,(H,24,25). The highest BCUT2D eigenvalue weighted by Crippen LogP contribution is 2.15. The van der Waals surface area contributed by atoms with Crippen molar-refractivity contribution in [3.8, 4) is 0 Å². The lowest BCUT2D eigenvalue weighted by Crippen LogP contribution is -2.31. The number of aliphatic carboxylic acids is 1. The molecule has 29 heavy (non-hydrogen) atoms. The van der Waals surface area contributed by atoms with E-state index in [4.69, 9.17) is 9.84 Å². The van der Waals surface area contributed by atoms with Gasteiger partial charge in [0.2, 0.25) is 10.0 Å². The fraction of sp³-hybridized carbons (Fsp3) is 0.810. The number of hydrogen-bond acceptors (Lipinski definition) is 5. The fourth-order valence-electron chi connectivity index (χ4n) is 3.08. The Bertz CT molecular complexity index is 602. The molecule has 0 heterocycles. The first kappa shape index (κ1) is 27.6. The zero-order valence-corrected chi connectivity index (χ0v) is 19.2. The summed E-state index contributed by atoms with van der Waals surface area (Å²) in [5.41, 5.74) is 0. The quantitative estimate of drug-likeness (QED) is 0.211. The Balaban J connectivity index is 4.57. The Labute approximate surface area is 176 Å². The highest BCUT2D eigenvalue weighted by atomic mass is 32.2. The van der Waals surface area contributed by atoms with E-state index in [1.54, 1.807) is 12.2 Å². The second-order valence-electron chi connectivity index (χ2n) is 7.49. The monoisotopic (exact) mass is 433 g/mol. The first-order valence-corrected chi connectivity index (χ1v) is 12.5. The Kier molecular flexibility index (Phi) is 14.7. The summed E-state index contributed by atoms with van der Waals surface area (Å²) in [6, 6.07) is 0. The van der Waals surface area contributed by atoms with Crippen LogP contribution in [0.25, 0.3) is 0 Å². The van der Waals surface area contributed by atoms with Crippen LogP contribution in [0.15, 0.2) is 12.2 Å². The first-order valence-electron chi connectivity index (χ1n) is 10.6. The van der Waals surface area contributed by atoms with E-state index in [0.29, 0.717) is 25.8 Å². The summed E-state index contributed by atoms with van der Waals surface area (Å²) in [6.45, 7) is 5.96. The van der Waals surface area contributed by atoms with E-state index in [1.807, 2.05) is 6.92 Å². The largest absolute Gasteiger partial charge is 0.481 e. The molecule has 0 bridgehead atoms. The molecule has 0 radical (unpaired) electrons. The molecule has 170 valence electrons. The molecular weight excluding hydrogens is 394 g/mol. The molecule has 0 aromatic rings. The molecule has 0 saturated carbocycles. The van der Waals surface area contributed by atoms with Crippen molar-refractivity contribution in [1.82, 2.24) is 4.31 Å². The second-order valence-corrected chi connectivity index (χ2v) is 9.47. The summed E-state index contributed by atoms with van der Waals surface area (Å²) in [4.78, 5) is 22.3. The Morgan fingerprint density at radius 2 is 1.72 bits per heavy atom. The average Bonchev–Trinajstić information content (AvgIpc) is 2.61. The van der Waals surface area contributed by atoms with Crippen LogP contribution in [0.3, 0.4) is 0 Å². The molecule has 0 aliphatic rings. The molecule has 1 N–H and O–H groups in total. The Hall–Kier alpha value is -1.41. The molecule has 0 amide bonds. The minimum atomic E-state index is -3.35. The third kappa shape index (κ3) is 14.3. The minimum Gasteiger partial charge on any atom is -0.481 e. The van der Waals surface area contributed by atoms with E-state index >= 15 is 0 Å². The molecule has 2 atom stereocenters. The highest BCUT2D eigenvalue weighted by Gasteiger charge is 2.17. The van der Waals surface area contributed by atoms with E-state index in [2.05, 4.69) is 6.92 Å². The predicted molar refractivity (Wildman–Crippen MR) is 115 cm³/mol. The molecule has 0 saturated heterocycles. The van der Waals surface area contributed by atoms with Crippen LogP contribution in [0.2, 0.25) is 0 Å². The van der Waals surface area contributed by atoms with Crippen LogP contribution in [-0.2, 0) is 24.3 Å². The van der Waals surface area contributed by atoms with E-state index in [1.165, 1.54) is 17.5 Å². The number of unbranched alkanes of at least 4 members (excludes halogenated alkanes) is 4. The molecule has 0 fully saturated rings. The van der Waals surface area contributed by atoms with Gasteiger partial charge in [-0.25, -0.2) is 8.42 Å². The minimum absolute atomic E-state index is 0.233. The number of rotatable bonds is 17. The van der Waals surface area contributed by atoms with Crippen LogP contribution in [0.5, 0.6) is 0 Å². The Morgan fingerprint density at radius 3 is 2.24 bits per heavy atom. The van der Waals surface area contributed by atoms with Crippen LogP contribution in [0.1, 0.15) is 78.6 Å². The highest BCUT2D eigenvalue weighted by molar-refractivity contribution is 7.88. The zero-order chi connectivity index (χ0) is 22.3. The smallest absolute Gasteiger partial charge is 0.306 e. The molecule has 0 aliphatic carbocycles. The lowest BCUT2D eigenvalue weighted by Gasteiger charge is -2.19. The summed E-state index contributed by atoms with van der Waals surface area (Å²) in [7, 11) is -3.35. The van der Waals surface area contributed by atoms with Gasteiger partial charge in [0.1, 0.15) is 6.10 Å². The van der Waals surface area contributed by atoms with Gasteiger partial charge in [-0.3, -0.25) is 9.59 Å². The van der Waals surface area contributed by atoms with Crippen molar-refractivity contribution < 1.29 is 27.9 Å². The SMILES string of the molecule is CCCCCC(C=CCN(CCCCCC(CC)C(=O)O)S(C)(=O)=O)OC(C)=O. The van der Waals surface area contributed by atoms with Gasteiger partial charge in [0.15, 0.2) is 0 Å². The van der Waals surface area contributed by atoms with Crippen molar-refractivity contribution >= 4 is 22.0 Å². The average molecular weight is 434 g/mol. The lowest BCUT2D eigenvalue weighted by molar-refractivity contribution is -0.144. The van der Waals surface area contributed by atoms with E-state index in [9.17, 15) is 18.0 Å². The van der Waals surface area contributed by atoms with E-state index in [-0.39, 0.29) is 24.5 Å². The summed E-state index contributed by atoms with van der Waals surface area (Å²) < 4.78 is 30.8. The number of sulfonamides is 1. The number of ether oxygens (including phenoxy) is 1. The van der Waals surface area contributed by atoms with Crippen LogP contribution in [0, 0.1) is 5.92 Å². The number of carbonyl (C=O) groups is 2. The van der Waals surface area contributed by atoms with Crippen molar-refractivity contribution in [3.63, 3.8) is 0 Å². The van der Waals surface area contributed by atoms with Gasteiger partial charge in [-0.2, -0.15) is 4.31 Å². The lowest BCUT2D eigenvalue weighted by atomic mass is 9.99. The molecule has 0 aliphatic heterocycles. The summed E-state index contributed by atoms with van der Waals surface area (Å²) in [5.74, 6) is -1.44. The number of carbonyl (C=O) groups excluding carboxylic acids is 1. The number of carboxylic acid groups (broad SMARTS) is 1. The summed E-state index contributed by atoms with van der Waals surface area (Å²) >= 11 is 0. The van der Waals surface area contributed by atoms with Crippen LogP contribution >= 0.6 is 0 Å². The van der Waals surface area contributed by atoms with Crippen molar-refractivity contribution in [2.75, 3.05) is 19.3 Å². The first-order chi connectivity index (χ1) is 13.6. The van der Waals surface area contributed by atoms with Crippen LogP contribution in [0.4, 0.5) is 0 Å². The molecule has 0 rings (SSSR count). The maximum absolute atomic E-state index is 12.0. The van der Waals surface area contributed by atoms with Gasteiger partial charge in [0.25, 0.3) is 0 Å². The van der Waals surface area contributed by atoms with Crippen molar-refractivity contribution in [1.29, 1.82) is 0 Å². The van der Waals surface area contributed by atoms with Crippen LogP contribution < -0.4 is 0 Å². The molecule has 0 spiro atoms. The van der Waals surface area contributed by atoms with Gasteiger partial charge in [-0.15, -0.1) is 0 Å². The topological polar surface area (TPSA) is 101 Å². The Morgan fingerprint density at radius 1 is 1.07 bits per heavy atom. The van der Waals surface area contributed by atoms with E-state index < -0.39 is 16.0 Å². The molecule has 0 aromatic heterocycles. The second kappa shape index (κ2) is 15.4. The summed E-state index contributed by atoms with van der Waals surface area (Å²) in [5, 5.41) is 9.06. The van der Waals surface area contributed by atoms with Gasteiger partial charge >= 0.3 is 11.9 Å². The van der Waals surface area contributed by atoms with Gasteiger partial charge in [-0.1, -0.05) is 45.6 Å². The maximum Gasteiger partial charge on any atom is 0.306 e. The number of hydrogen-bond donors (Lipinski definition) is 1. The summed E-state index contributed by atoms with van der Waals surface area (Å²) in [6.07, 6.45) is 11.6. The fourth-order valence-corrected chi connectivity index (χ4v) is 3.90. The van der Waals surface area contributed by atoms with Crippen molar-refractivity contribution in [3.05, 3.63) is 12.2 Å². The number of nitrogens with zero attached hydrogens (tertiary/aromatic N) is 1. The number of carboxylic acids is 1. The third-order valence-corrected chi connectivity index (χ3v) is 6.11.